The molecule has 1 heterocycles. The highest BCUT2D eigenvalue weighted by Gasteiger charge is 2.12. The molecule has 1 unspecified atom stereocenters. The highest BCUT2D eigenvalue weighted by molar-refractivity contribution is 9.09. The van der Waals surface area contributed by atoms with Crippen molar-refractivity contribution in [3.63, 3.8) is 0 Å². The zero-order valence-electron chi connectivity index (χ0n) is 9.72. The number of alkyl halides is 1. The van der Waals surface area contributed by atoms with Crippen LogP contribution in [0.4, 0.5) is 0 Å². The van der Waals surface area contributed by atoms with Gasteiger partial charge in [-0.1, -0.05) is 29.3 Å². The van der Waals surface area contributed by atoms with Crippen LogP contribution in [0.25, 0.3) is 0 Å². The van der Waals surface area contributed by atoms with E-state index in [1.165, 1.54) is 0 Å². The molecule has 1 atom stereocenters. The van der Waals surface area contributed by atoms with Gasteiger partial charge in [0, 0.05) is 17.6 Å². The van der Waals surface area contributed by atoms with Gasteiger partial charge in [0.15, 0.2) is 0 Å². The van der Waals surface area contributed by atoms with Crippen molar-refractivity contribution in [1.29, 1.82) is 0 Å². The fraction of sp³-hybridized carbons (Fsp3) is 0.636. The number of nitrogens with zero attached hydrogens (tertiary/aromatic N) is 1. The number of amides is 1. The van der Waals surface area contributed by atoms with E-state index in [4.69, 9.17) is 0 Å². The summed E-state index contributed by atoms with van der Waals surface area (Å²) < 4.78 is 0. The second-order valence-electron chi connectivity index (χ2n) is 3.87. The van der Waals surface area contributed by atoms with E-state index in [0.29, 0.717) is 11.5 Å². The van der Waals surface area contributed by atoms with Crippen molar-refractivity contribution in [3.8, 4) is 0 Å². The number of carbonyl (C=O) groups is 1. The van der Waals surface area contributed by atoms with Gasteiger partial charge in [-0.15, -0.1) is 0 Å². The SMILES string of the molecule is CCC(CCBr)CNC(=O)c1cn[nH]c1C. The van der Waals surface area contributed by atoms with E-state index >= 15 is 0 Å². The number of hydrogen-bond donors (Lipinski definition) is 2. The lowest BCUT2D eigenvalue weighted by atomic mass is 10.0. The van der Waals surface area contributed by atoms with E-state index in [1.807, 2.05) is 6.92 Å². The number of H-pyrrole nitrogens is 1. The highest BCUT2D eigenvalue weighted by Crippen LogP contribution is 2.09. The summed E-state index contributed by atoms with van der Waals surface area (Å²) in [5, 5.41) is 10.5. The van der Waals surface area contributed by atoms with E-state index in [9.17, 15) is 4.79 Å². The predicted molar refractivity (Wildman–Crippen MR) is 67.8 cm³/mol. The fourth-order valence-electron chi connectivity index (χ4n) is 1.52. The molecule has 4 nitrogen and oxygen atoms in total. The van der Waals surface area contributed by atoms with Crippen molar-refractivity contribution < 1.29 is 4.79 Å². The summed E-state index contributed by atoms with van der Waals surface area (Å²) in [6.45, 7) is 4.71. The van der Waals surface area contributed by atoms with Crippen LogP contribution in [0.15, 0.2) is 6.20 Å². The van der Waals surface area contributed by atoms with Crippen molar-refractivity contribution in [2.45, 2.75) is 26.7 Å². The third-order valence-electron chi connectivity index (χ3n) is 2.72. The highest BCUT2D eigenvalue weighted by atomic mass is 79.9. The number of aryl methyl sites for hydroxylation is 1. The van der Waals surface area contributed by atoms with Crippen LogP contribution in [0.1, 0.15) is 35.8 Å². The molecular weight excluding hydrogens is 270 g/mol. The van der Waals surface area contributed by atoms with Gasteiger partial charge in [0.25, 0.3) is 5.91 Å². The monoisotopic (exact) mass is 287 g/mol. The molecule has 1 aromatic heterocycles. The molecule has 0 radical (unpaired) electrons. The second kappa shape index (κ2) is 6.68. The van der Waals surface area contributed by atoms with E-state index in [2.05, 4.69) is 38.4 Å². The molecular formula is C11H18BrN3O. The van der Waals surface area contributed by atoms with Crippen LogP contribution in [0, 0.1) is 12.8 Å². The number of halogens is 1. The predicted octanol–water partition coefficient (Wildman–Crippen LogP) is 2.26. The van der Waals surface area contributed by atoms with Gasteiger partial charge < -0.3 is 5.32 Å². The first-order valence-electron chi connectivity index (χ1n) is 5.53. The summed E-state index contributed by atoms with van der Waals surface area (Å²) >= 11 is 3.42. The largest absolute Gasteiger partial charge is 0.352 e. The average Bonchev–Trinajstić information content (AvgIpc) is 2.70. The van der Waals surface area contributed by atoms with Gasteiger partial charge in [-0.2, -0.15) is 5.10 Å². The van der Waals surface area contributed by atoms with Crippen LogP contribution in [-0.2, 0) is 0 Å². The van der Waals surface area contributed by atoms with Gasteiger partial charge in [0.05, 0.1) is 11.8 Å². The van der Waals surface area contributed by atoms with Gasteiger partial charge in [-0.25, -0.2) is 0 Å². The van der Waals surface area contributed by atoms with E-state index in [1.54, 1.807) is 6.20 Å². The topological polar surface area (TPSA) is 57.8 Å². The summed E-state index contributed by atoms with van der Waals surface area (Å²) in [5.74, 6) is 0.495. The molecule has 0 aliphatic rings. The maximum absolute atomic E-state index is 11.8. The zero-order valence-corrected chi connectivity index (χ0v) is 11.3. The average molecular weight is 288 g/mol. The Morgan fingerprint density at radius 1 is 1.69 bits per heavy atom. The van der Waals surface area contributed by atoms with Crippen molar-refractivity contribution in [1.82, 2.24) is 15.5 Å². The van der Waals surface area contributed by atoms with Crippen LogP contribution in [0.3, 0.4) is 0 Å². The molecule has 1 amide bonds. The van der Waals surface area contributed by atoms with Crippen molar-refractivity contribution in [3.05, 3.63) is 17.5 Å². The van der Waals surface area contributed by atoms with Gasteiger partial charge >= 0.3 is 0 Å². The molecule has 0 spiro atoms. The molecule has 0 saturated heterocycles. The minimum Gasteiger partial charge on any atom is -0.352 e. The summed E-state index contributed by atoms with van der Waals surface area (Å²) in [6.07, 6.45) is 3.73. The first kappa shape index (κ1) is 13.2. The standard InChI is InChI=1S/C11H18BrN3O/c1-3-9(4-5-12)6-13-11(16)10-7-14-15-8(10)2/h7,9H,3-6H2,1-2H3,(H,13,16)(H,14,15). The normalized spacial score (nSPS) is 12.4. The van der Waals surface area contributed by atoms with Gasteiger partial charge in [-0.3, -0.25) is 9.89 Å². The zero-order chi connectivity index (χ0) is 12.0. The lowest BCUT2D eigenvalue weighted by Gasteiger charge is -2.13. The smallest absolute Gasteiger partial charge is 0.254 e. The number of rotatable bonds is 6. The molecule has 0 saturated carbocycles. The van der Waals surface area contributed by atoms with Crippen LogP contribution < -0.4 is 5.32 Å². The number of carbonyl (C=O) groups excluding carboxylic acids is 1. The number of aromatic amines is 1. The molecule has 0 aromatic carbocycles. The van der Waals surface area contributed by atoms with Gasteiger partial charge in [0.1, 0.15) is 0 Å². The van der Waals surface area contributed by atoms with Gasteiger partial charge in [-0.05, 0) is 19.3 Å². The molecule has 0 bridgehead atoms. The van der Waals surface area contributed by atoms with E-state index in [0.717, 1.165) is 30.4 Å². The summed E-state index contributed by atoms with van der Waals surface area (Å²) in [6, 6.07) is 0. The maximum atomic E-state index is 11.8. The molecule has 0 fully saturated rings. The number of nitrogens with one attached hydrogen (secondary N) is 2. The Labute approximate surface area is 104 Å². The molecule has 2 N–H and O–H groups in total. The summed E-state index contributed by atoms with van der Waals surface area (Å²) in [5.41, 5.74) is 1.44. The maximum Gasteiger partial charge on any atom is 0.254 e. The van der Waals surface area contributed by atoms with E-state index < -0.39 is 0 Å². The Bertz CT molecular complexity index is 338. The van der Waals surface area contributed by atoms with Crippen LogP contribution in [-0.4, -0.2) is 28.0 Å². The summed E-state index contributed by atoms with van der Waals surface area (Å²) in [7, 11) is 0. The van der Waals surface area contributed by atoms with Gasteiger partial charge in [0.2, 0.25) is 0 Å². The Hall–Kier alpha value is -0.840. The summed E-state index contributed by atoms with van der Waals surface area (Å²) in [4.78, 5) is 11.8. The molecule has 1 rings (SSSR count). The lowest BCUT2D eigenvalue weighted by Crippen LogP contribution is -2.29. The Balaban J connectivity index is 2.43. The Morgan fingerprint density at radius 2 is 2.44 bits per heavy atom. The van der Waals surface area contributed by atoms with Crippen molar-refractivity contribution in [2.75, 3.05) is 11.9 Å². The first-order valence-corrected chi connectivity index (χ1v) is 6.65. The molecule has 5 heteroatoms. The number of aromatic nitrogens is 2. The van der Waals surface area contributed by atoms with Crippen molar-refractivity contribution in [2.24, 2.45) is 5.92 Å². The van der Waals surface area contributed by atoms with E-state index in [-0.39, 0.29) is 5.91 Å². The third-order valence-corrected chi connectivity index (χ3v) is 3.18. The van der Waals surface area contributed by atoms with Crippen LogP contribution >= 0.6 is 15.9 Å². The minimum absolute atomic E-state index is 0.0423. The second-order valence-corrected chi connectivity index (χ2v) is 4.66. The Kier molecular flexibility index (Phi) is 5.52. The quantitative estimate of drug-likeness (QED) is 0.789. The van der Waals surface area contributed by atoms with Crippen LogP contribution in [0.5, 0.6) is 0 Å². The first-order chi connectivity index (χ1) is 7.69. The van der Waals surface area contributed by atoms with Crippen molar-refractivity contribution >= 4 is 21.8 Å². The fourth-order valence-corrected chi connectivity index (χ4v) is 2.16. The molecule has 16 heavy (non-hydrogen) atoms. The molecule has 90 valence electrons. The van der Waals surface area contributed by atoms with Crippen LogP contribution in [0.2, 0.25) is 0 Å². The Morgan fingerprint density at radius 3 is 2.94 bits per heavy atom. The molecule has 0 aliphatic heterocycles. The minimum atomic E-state index is -0.0423. The molecule has 1 aromatic rings. The third kappa shape index (κ3) is 3.63. The number of hydrogen-bond acceptors (Lipinski definition) is 2. The molecule has 0 aliphatic carbocycles. The lowest BCUT2D eigenvalue weighted by molar-refractivity contribution is 0.0946.